The Balaban J connectivity index is 3.10. The Bertz CT molecular complexity index is 399. The predicted molar refractivity (Wildman–Crippen MR) is 63.9 cm³/mol. The second-order valence-corrected chi connectivity index (χ2v) is 5.11. The molecule has 88 valence electrons. The fourth-order valence-electron chi connectivity index (χ4n) is 1.36. The molecule has 0 bridgehead atoms. The molecule has 1 rings (SSSR count). The van der Waals surface area contributed by atoms with Gasteiger partial charge in [-0.25, -0.2) is 4.79 Å². The Labute approximate surface area is 101 Å². The van der Waals surface area contributed by atoms with E-state index < -0.39 is 11.6 Å². The molecule has 0 aliphatic carbocycles. The number of hydrogen-bond acceptors (Lipinski definition) is 3. The normalized spacial score (nSPS) is 11.4. The first kappa shape index (κ1) is 13.0. The number of carbonyl (C=O) groups excluding carboxylic acids is 1. The molecule has 1 heterocycles. The fourth-order valence-corrected chi connectivity index (χ4v) is 1.73. The van der Waals surface area contributed by atoms with Crippen molar-refractivity contribution in [3.05, 3.63) is 28.0 Å². The molecule has 4 heteroatoms. The number of hydrogen-bond donors (Lipinski definition) is 0. The third kappa shape index (κ3) is 3.20. The van der Waals surface area contributed by atoms with Crippen LogP contribution in [0.4, 0.5) is 0 Å². The molecular formula is C12H16ClNO2. The van der Waals surface area contributed by atoms with Crippen LogP contribution in [0.15, 0.2) is 6.07 Å². The SMILES string of the molecule is Cc1cc(Cl)c(C(=O)OC(C)(C)C)c(C)n1. The number of nitrogens with zero attached hydrogens (tertiary/aromatic N) is 1. The maximum Gasteiger partial charge on any atom is 0.342 e. The lowest BCUT2D eigenvalue weighted by molar-refractivity contribution is 0.00685. The van der Waals surface area contributed by atoms with Gasteiger partial charge < -0.3 is 4.74 Å². The van der Waals surface area contributed by atoms with Crippen LogP contribution in [0.5, 0.6) is 0 Å². The monoisotopic (exact) mass is 241 g/mol. The van der Waals surface area contributed by atoms with Gasteiger partial charge >= 0.3 is 5.97 Å². The van der Waals surface area contributed by atoms with E-state index in [1.807, 2.05) is 27.7 Å². The lowest BCUT2D eigenvalue weighted by atomic mass is 10.1. The predicted octanol–water partition coefficient (Wildman–Crippen LogP) is 3.31. The smallest absolute Gasteiger partial charge is 0.342 e. The van der Waals surface area contributed by atoms with Gasteiger partial charge in [0.05, 0.1) is 16.3 Å². The second-order valence-electron chi connectivity index (χ2n) is 4.71. The van der Waals surface area contributed by atoms with Crippen LogP contribution in [0, 0.1) is 13.8 Å². The van der Waals surface area contributed by atoms with Crippen LogP contribution < -0.4 is 0 Å². The van der Waals surface area contributed by atoms with Crippen molar-refractivity contribution in [1.29, 1.82) is 0 Å². The molecule has 3 nitrogen and oxygen atoms in total. The molecule has 0 N–H and O–H groups in total. The topological polar surface area (TPSA) is 39.2 Å². The highest BCUT2D eigenvalue weighted by atomic mass is 35.5. The van der Waals surface area contributed by atoms with Gasteiger partial charge in [0.15, 0.2) is 0 Å². The van der Waals surface area contributed by atoms with Crippen molar-refractivity contribution in [2.75, 3.05) is 0 Å². The number of aromatic nitrogens is 1. The average molecular weight is 242 g/mol. The Hall–Kier alpha value is -1.09. The molecular weight excluding hydrogens is 226 g/mol. The minimum absolute atomic E-state index is 0.349. The lowest BCUT2D eigenvalue weighted by Crippen LogP contribution is -2.24. The van der Waals surface area contributed by atoms with E-state index in [1.165, 1.54) is 0 Å². The molecule has 0 saturated carbocycles. The van der Waals surface area contributed by atoms with E-state index in [-0.39, 0.29) is 0 Å². The Morgan fingerprint density at radius 3 is 2.38 bits per heavy atom. The maximum atomic E-state index is 11.9. The summed E-state index contributed by atoms with van der Waals surface area (Å²) >= 11 is 6.02. The quantitative estimate of drug-likeness (QED) is 0.708. The van der Waals surface area contributed by atoms with Crippen LogP contribution >= 0.6 is 11.6 Å². The van der Waals surface area contributed by atoms with Crippen LogP contribution in [0.25, 0.3) is 0 Å². The largest absolute Gasteiger partial charge is 0.456 e. The van der Waals surface area contributed by atoms with Crippen molar-refractivity contribution in [3.8, 4) is 0 Å². The molecule has 16 heavy (non-hydrogen) atoms. The zero-order valence-corrected chi connectivity index (χ0v) is 11.0. The molecule has 0 spiro atoms. The average Bonchev–Trinajstić information content (AvgIpc) is 1.96. The van der Waals surface area contributed by atoms with Crippen LogP contribution in [0.1, 0.15) is 42.5 Å². The molecule has 0 saturated heterocycles. The van der Waals surface area contributed by atoms with Crippen LogP contribution in [-0.2, 0) is 4.74 Å². The van der Waals surface area contributed by atoms with Crippen LogP contribution in [-0.4, -0.2) is 16.6 Å². The zero-order chi connectivity index (χ0) is 12.5. The molecule has 1 aromatic heterocycles. The molecule has 0 aliphatic heterocycles. The highest BCUT2D eigenvalue weighted by Crippen LogP contribution is 2.22. The highest BCUT2D eigenvalue weighted by molar-refractivity contribution is 6.33. The van der Waals surface area contributed by atoms with Crippen LogP contribution in [0.2, 0.25) is 5.02 Å². The standard InChI is InChI=1S/C12H16ClNO2/c1-7-6-9(13)10(8(2)14-7)11(15)16-12(3,4)5/h6H,1-5H3. The summed E-state index contributed by atoms with van der Waals surface area (Å²) < 4.78 is 5.26. The first-order valence-electron chi connectivity index (χ1n) is 5.08. The van der Waals surface area contributed by atoms with E-state index in [4.69, 9.17) is 16.3 Å². The summed E-state index contributed by atoms with van der Waals surface area (Å²) in [5.41, 5.74) is 1.20. The number of halogens is 1. The van der Waals surface area contributed by atoms with Gasteiger partial charge in [0, 0.05) is 5.69 Å². The van der Waals surface area contributed by atoms with Gasteiger partial charge in [0.1, 0.15) is 5.60 Å². The highest BCUT2D eigenvalue weighted by Gasteiger charge is 2.22. The molecule has 1 aromatic rings. The first-order chi connectivity index (χ1) is 7.20. The summed E-state index contributed by atoms with van der Waals surface area (Å²) in [6, 6.07) is 1.66. The summed E-state index contributed by atoms with van der Waals surface area (Å²) in [6.45, 7) is 9.02. The lowest BCUT2D eigenvalue weighted by Gasteiger charge is -2.20. The maximum absolute atomic E-state index is 11.9. The van der Waals surface area contributed by atoms with E-state index in [0.29, 0.717) is 16.3 Å². The number of ether oxygens (including phenoxy) is 1. The number of rotatable bonds is 1. The van der Waals surface area contributed by atoms with E-state index in [2.05, 4.69) is 4.98 Å². The van der Waals surface area contributed by atoms with E-state index in [0.717, 1.165) is 5.69 Å². The van der Waals surface area contributed by atoms with Gasteiger partial charge in [-0.15, -0.1) is 0 Å². The Morgan fingerprint density at radius 1 is 1.38 bits per heavy atom. The number of pyridine rings is 1. The molecule has 0 aromatic carbocycles. The van der Waals surface area contributed by atoms with Gasteiger partial charge in [0.25, 0.3) is 0 Å². The molecule has 0 aliphatic rings. The third-order valence-electron chi connectivity index (χ3n) is 1.88. The van der Waals surface area contributed by atoms with E-state index >= 15 is 0 Å². The molecule has 0 radical (unpaired) electrons. The Kier molecular flexibility index (Phi) is 3.58. The summed E-state index contributed by atoms with van der Waals surface area (Å²) in [7, 11) is 0. The van der Waals surface area contributed by atoms with Gasteiger partial charge in [0.2, 0.25) is 0 Å². The fraction of sp³-hybridized carbons (Fsp3) is 0.500. The van der Waals surface area contributed by atoms with Gasteiger partial charge in [-0.05, 0) is 40.7 Å². The molecule has 0 atom stereocenters. The van der Waals surface area contributed by atoms with Gasteiger partial charge in [-0.3, -0.25) is 4.98 Å². The summed E-state index contributed by atoms with van der Waals surface area (Å²) in [5.74, 6) is -0.428. The molecule has 0 fully saturated rings. The van der Waals surface area contributed by atoms with Crippen LogP contribution in [0.3, 0.4) is 0 Å². The molecule has 0 amide bonds. The Morgan fingerprint density at radius 2 is 1.94 bits per heavy atom. The van der Waals surface area contributed by atoms with E-state index in [9.17, 15) is 4.79 Å². The summed E-state index contributed by atoms with van der Waals surface area (Å²) in [5, 5.41) is 0.388. The van der Waals surface area contributed by atoms with Crippen molar-refractivity contribution < 1.29 is 9.53 Å². The number of carbonyl (C=O) groups is 1. The van der Waals surface area contributed by atoms with Crippen molar-refractivity contribution in [1.82, 2.24) is 4.98 Å². The summed E-state index contributed by atoms with van der Waals surface area (Å²) in [4.78, 5) is 16.1. The van der Waals surface area contributed by atoms with Gasteiger partial charge in [-0.1, -0.05) is 11.6 Å². The second kappa shape index (κ2) is 4.42. The third-order valence-corrected chi connectivity index (χ3v) is 2.18. The summed E-state index contributed by atoms with van der Waals surface area (Å²) in [6.07, 6.45) is 0. The van der Waals surface area contributed by atoms with Crippen molar-refractivity contribution in [3.63, 3.8) is 0 Å². The molecule has 0 unspecified atom stereocenters. The van der Waals surface area contributed by atoms with Crippen molar-refractivity contribution in [2.45, 2.75) is 40.2 Å². The minimum atomic E-state index is -0.530. The first-order valence-corrected chi connectivity index (χ1v) is 5.45. The zero-order valence-electron chi connectivity index (χ0n) is 10.2. The van der Waals surface area contributed by atoms with Crippen molar-refractivity contribution in [2.24, 2.45) is 0 Å². The number of esters is 1. The van der Waals surface area contributed by atoms with Crippen molar-refractivity contribution >= 4 is 17.6 Å². The minimum Gasteiger partial charge on any atom is -0.456 e. The number of aryl methyl sites for hydroxylation is 2. The van der Waals surface area contributed by atoms with Gasteiger partial charge in [-0.2, -0.15) is 0 Å². The van der Waals surface area contributed by atoms with E-state index in [1.54, 1.807) is 13.0 Å².